The lowest BCUT2D eigenvalue weighted by Gasteiger charge is -1.88. The molecule has 12 heavy (non-hydrogen) atoms. The Balaban J connectivity index is 2.79. The molecule has 0 aliphatic carbocycles. The fraction of sp³-hybridized carbons (Fsp3) is 0. The average molecular weight is 162 g/mol. The second-order valence-corrected chi connectivity index (χ2v) is 2.34. The van der Waals surface area contributed by atoms with Gasteiger partial charge in [-0.25, -0.2) is 4.98 Å². The molecule has 0 aliphatic heterocycles. The Bertz CT molecular complexity index is 434. The summed E-state index contributed by atoms with van der Waals surface area (Å²) < 4.78 is 0. The average Bonchev–Trinajstić information content (AvgIpc) is 2.47. The van der Waals surface area contributed by atoms with Gasteiger partial charge >= 0.3 is 0 Å². The molecule has 2 aromatic heterocycles. The Morgan fingerprint density at radius 2 is 2.42 bits per heavy atom. The molecular weight excluding hydrogens is 156 g/mol. The quantitative estimate of drug-likeness (QED) is 0.621. The minimum atomic E-state index is -0.523. The summed E-state index contributed by atoms with van der Waals surface area (Å²) in [7, 11) is 0. The molecule has 1 amide bonds. The van der Waals surface area contributed by atoms with E-state index >= 15 is 0 Å². The number of H-pyrrole nitrogens is 1. The third-order valence-corrected chi connectivity index (χ3v) is 1.58. The molecular formula is C7H6N4O. The number of rotatable bonds is 1. The molecule has 5 nitrogen and oxygen atoms in total. The van der Waals surface area contributed by atoms with E-state index in [1.807, 2.05) is 0 Å². The van der Waals surface area contributed by atoms with Crippen LogP contribution in [0.25, 0.3) is 11.0 Å². The largest absolute Gasteiger partial charge is 0.364 e. The molecule has 60 valence electrons. The topological polar surface area (TPSA) is 84.7 Å². The number of aromatic amines is 1. The number of hydrogen-bond acceptors (Lipinski definition) is 3. The van der Waals surface area contributed by atoms with Crippen molar-refractivity contribution in [2.24, 2.45) is 5.73 Å². The van der Waals surface area contributed by atoms with Gasteiger partial charge < -0.3 is 5.73 Å². The maximum Gasteiger partial charge on any atom is 0.267 e. The minimum Gasteiger partial charge on any atom is -0.364 e. The van der Waals surface area contributed by atoms with Crippen LogP contribution in [0.1, 0.15) is 10.5 Å². The number of hydrogen-bond donors (Lipinski definition) is 2. The first kappa shape index (κ1) is 6.78. The number of nitrogens with two attached hydrogens (primary N) is 1. The van der Waals surface area contributed by atoms with Crippen LogP contribution < -0.4 is 5.73 Å². The number of amides is 1. The molecule has 3 N–H and O–H groups in total. The van der Waals surface area contributed by atoms with Crippen LogP contribution in [-0.2, 0) is 0 Å². The van der Waals surface area contributed by atoms with E-state index in [1.165, 1.54) is 0 Å². The Labute approximate surface area is 67.6 Å². The van der Waals surface area contributed by atoms with Gasteiger partial charge in [-0.15, -0.1) is 0 Å². The second-order valence-electron chi connectivity index (χ2n) is 2.34. The fourth-order valence-electron chi connectivity index (χ4n) is 1.04. The van der Waals surface area contributed by atoms with Crippen molar-refractivity contribution in [2.75, 3.05) is 0 Å². The molecule has 0 fully saturated rings. The Morgan fingerprint density at radius 3 is 3.17 bits per heavy atom. The van der Waals surface area contributed by atoms with Crippen LogP contribution in [-0.4, -0.2) is 21.1 Å². The molecule has 0 atom stereocenters. The number of fused-ring (bicyclic) bond motifs is 1. The Morgan fingerprint density at radius 1 is 1.58 bits per heavy atom. The van der Waals surface area contributed by atoms with Crippen molar-refractivity contribution in [1.82, 2.24) is 15.2 Å². The number of pyridine rings is 1. The molecule has 0 unspecified atom stereocenters. The van der Waals surface area contributed by atoms with E-state index < -0.39 is 5.91 Å². The molecule has 2 rings (SSSR count). The molecule has 0 saturated carbocycles. The monoisotopic (exact) mass is 162 g/mol. The lowest BCUT2D eigenvalue weighted by molar-refractivity contribution is 0.0997. The van der Waals surface area contributed by atoms with Gasteiger partial charge in [0.05, 0.1) is 5.39 Å². The van der Waals surface area contributed by atoms with Crippen molar-refractivity contribution >= 4 is 16.9 Å². The van der Waals surface area contributed by atoms with Crippen LogP contribution in [0.3, 0.4) is 0 Å². The van der Waals surface area contributed by atoms with Crippen LogP contribution in [0.15, 0.2) is 18.3 Å². The second kappa shape index (κ2) is 2.30. The van der Waals surface area contributed by atoms with Crippen molar-refractivity contribution in [3.8, 4) is 0 Å². The van der Waals surface area contributed by atoms with Crippen molar-refractivity contribution in [2.45, 2.75) is 0 Å². The zero-order valence-electron chi connectivity index (χ0n) is 6.11. The van der Waals surface area contributed by atoms with E-state index in [0.29, 0.717) is 16.7 Å². The van der Waals surface area contributed by atoms with Crippen LogP contribution in [0, 0.1) is 0 Å². The first-order valence-electron chi connectivity index (χ1n) is 3.38. The van der Waals surface area contributed by atoms with Gasteiger partial charge in [0, 0.05) is 6.20 Å². The summed E-state index contributed by atoms with van der Waals surface area (Å²) in [6.45, 7) is 0. The van der Waals surface area contributed by atoms with Crippen LogP contribution in [0.4, 0.5) is 0 Å². The standard InChI is InChI=1S/C7H6N4O/c8-6(12)5-4-2-1-3-9-7(4)11-10-5/h1-3H,(H2,8,12)(H,9,10,11). The third kappa shape index (κ3) is 0.833. The normalized spacial score (nSPS) is 10.3. The van der Waals surface area contributed by atoms with Gasteiger partial charge in [-0.05, 0) is 12.1 Å². The first-order chi connectivity index (χ1) is 5.79. The van der Waals surface area contributed by atoms with Gasteiger partial charge in [-0.2, -0.15) is 5.10 Å². The van der Waals surface area contributed by atoms with Gasteiger partial charge in [0.15, 0.2) is 5.65 Å². The zero-order chi connectivity index (χ0) is 8.55. The first-order valence-corrected chi connectivity index (χ1v) is 3.38. The summed E-state index contributed by atoms with van der Waals surface area (Å²) in [4.78, 5) is 14.7. The number of nitrogens with zero attached hydrogens (tertiary/aromatic N) is 2. The summed E-state index contributed by atoms with van der Waals surface area (Å²) in [6.07, 6.45) is 1.61. The SMILES string of the molecule is NC(=O)c1[nH]nc2ncccc12. The molecule has 0 spiro atoms. The third-order valence-electron chi connectivity index (χ3n) is 1.58. The molecule has 5 heteroatoms. The highest BCUT2D eigenvalue weighted by molar-refractivity contribution is 6.02. The molecule has 0 radical (unpaired) electrons. The highest BCUT2D eigenvalue weighted by Crippen LogP contribution is 2.11. The number of carbonyl (C=O) groups excluding carboxylic acids is 1. The Kier molecular flexibility index (Phi) is 1.30. The van der Waals surface area contributed by atoms with E-state index in [0.717, 1.165) is 0 Å². The van der Waals surface area contributed by atoms with Crippen molar-refractivity contribution in [3.63, 3.8) is 0 Å². The van der Waals surface area contributed by atoms with Gasteiger partial charge in [-0.1, -0.05) is 0 Å². The van der Waals surface area contributed by atoms with Gasteiger partial charge in [-0.3, -0.25) is 9.89 Å². The van der Waals surface area contributed by atoms with E-state index in [2.05, 4.69) is 15.2 Å². The Hall–Kier alpha value is -1.91. The number of carbonyl (C=O) groups is 1. The molecule has 2 aromatic rings. The van der Waals surface area contributed by atoms with Crippen LogP contribution >= 0.6 is 0 Å². The molecule has 0 bridgehead atoms. The van der Waals surface area contributed by atoms with E-state index in [9.17, 15) is 4.79 Å². The van der Waals surface area contributed by atoms with Crippen molar-refractivity contribution in [1.29, 1.82) is 0 Å². The predicted octanol–water partition coefficient (Wildman–Crippen LogP) is 0.0568. The predicted molar refractivity (Wildman–Crippen MR) is 42.4 cm³/mol. The van der Waals surface area contributed by atoms with E-state index in [1.54, 1.807) is 18.3 Å². The lowest BCUT2D eigenvalue weighted by Crippen LogP contribution is -2.11. The summed E-state index contributed by atoms with van der Waals surface area (Å²) >= 11 is 0. The van der Waals surface area contributed by atoms with E-state index in [4.69, 9.17) is 5.73 Å². The summed E-state index contributed by atoms with van der Waals surface area (Å²) in [5, 5.41) is 6.99. The fourth-order valence-corrected chi connectivity index (χ4v) is 1.04. The van der Waals surface area contributed by atoms with Crippen molar-refractivity contribution in [3.05, 3.63) is 24.0 Å². The lowest BCUT2D eigenvalue weighted by atomic mass is 10.2. The van der Waals surface area contributed by atoms with Crippen LogP contribution in [0.2, 0.25) is 0 Å². The van der Waals surface area contributed by atoms with Gasteiger partial charge in [0.1, 0.15) is 5.69 Å². The highest BCUT2D eigenvalue weighted by atomic mass is 16.1. The maximum atomic E-state index is 10.8. The number of aromatic nitrogens is 3. The summed E-state index contributed by atoms with van der Waals surface area (Å²) in [6, 6.07) is 3.47. The number of nitrogens with one attached hydrogen (secondary N) is 1. The number of primary amides is 1. The maximum absolute atomic E-state index is 10.8. The van der Waals surface area contributed by atoms with Gasteiger partial charge in [0.2, 0.25) is 0 Å². The molecule has 0 aromatic carbocycles. The van der Waals surface area contributed by atoms with Gasteiger partial charge in [0.25, 0.3) is 5.91 Å². The minimum absolute atomic E-state index is 0.304. The smallest absolute Gasteiger partial charge is 0.267 e. The molecule has 0 aliphatic rings. The molecule has 0 saturated heterocycles. The van der Waals surface area contributed by atoms with E-state index in [-0.39, 0.29) is 0 Å². The highest BCUT2D eigenvalue weighted by Gasteiger charge is 2.09. The zero-order valence-corrected chi connectivity index (χ0v) is 6.11. The van der Waals surface area contributed by atoms with Crippen molar-refractivity contribution < 1.29 is 4.79 Å². The summed E-state index contributed by atoms with van der Waals surface area (Å²) in [5.74, 6) is -0.523. The summed E-state index contributed by atoms with van der Waals surface area (Å²) in [5.41, 5.74) is 5.90. The van der Waals surface area contributed by atoms with Crippen LogP contribution in [0.5, 0.6) is 0 Å². The molecule has 2 heterocycles.